The fraction of sp³-hybridized carbons (Fsp3) is 0.364. The summed E-state index contributed by atoms with van der Waals surface area (Å²) in [6, 6.07) is 7.55. The first-order valence-corrected chi connectivity index (χ1v) is 10.9. The number of carbonyl (C=O) groups is 1. The summed E-state index contributed by atoms with van der Waals surface area (Å²) in [6.45, 7) is 2.39. The summed E-state index contributed by atoms with van der Waals surface area (Å²) in [5.41, 5.74) is 2.72. The second kappa shape index (κ2) is 8.55. The van der Waals surface area contributed by atoms with Gasteiger partial charge in [-0.05, 0) is 48.9 Å². The summed E-state index contributed by atoms with van der Waals surface area (Å²) in [4.78, 5) is 24.9. The summed E-state index contributed by atoms with van der Waals surface area (Å²) in [5, 5.41) is 21.4. The average molecular weight is 449 g/mol. The number of rotatable bonds is 6. The van der Waals surface area contributed by atoms with Crippen LogP contribution in [0.4, 0.5) is 5.95 Å². The van der Waals surface area contributed by atoms with E-state index in [1.165, 1.54) is 17.4 Å². The molecule has 0 radical (unpaired) electrons. The van der Waals surface area contributed by atoms with Gasteiger partial charge in [0.2, 0.25) is 5.95 Å². The first-order valence-electron chi connectivity index (χ1n) is 10.6. The lowest BCUT2D eigenvalue weighted by molar-refractivity contribution is 0.0903. The molecule has 162 valence electrons. The van der Waals surface area contributed by atoms with Gasteiger partial charge in [0.25, 0.3) is 5.91 Å². The molecule has 1 aliphatic carbocycles. The molecule has 0 spiro atoms. The summed E-state index contributed by atoms with van der Waals surface area (Å²) < 4.78 is 0. The topological polar surface area (TPSA) is 113 Å². The first kappa shape index (κ1) is 20.4. The zero-order valence-electron chi connectivity index (χ0n) is 17.3. The molecule has 0 unspecified atom stereocenters. The van der Waals surface area contributed by atoms with Crippen molar-refractivity contribution in [3.05, 3.63) is 64.2 Å². The van der Waals surface area contributed by atoms with Crippen LogP contribution in [0.5, 0.6) is 0 Å². The van der Waals surface area contributed by atoms with E-state index in [-0.39, 0.29) is 23.6 Å². The van der Waals surface area contributed by atoms with Gasteiger partial charge in [-0.25, -0.2) is 9.97 Å². The molecule has 1 aromatic carbocycles. The molecule has 9 nitrogen and oxygen atoms in total. The van der Waals surface area contributed by atoms with Crippen molar-refractivity contribution in [2.45, 2.75) is 37.8 Å². The van der Waals surface area contributed by atoms with Crippen LogP contribution < -0.4 is 10.2 Å². The predicted octanol–water partition coefficient (Wildman–Crippen LogP) is 2.53. The normalized spacial score (nSPS) is 19.6. The van der Waals surface area contributed by atoms with Gasteiger partial charge in [0.15, 0.2) is 5.69 Å². The molecule has 1 amide bonds. The van der Waals surface area contributed by atoms with Gasteiger partial charge in [-0.15, -0.1) is 5.10 Å². The number of nitriles is 1. The van der Waals surface area contributed by atoms with Crippen LogP contribution in [0.15, 0.2) is 36.8 Å². The number of nitrogens with one attached hydrogen (secondary N) is 1. The van der Waals surface area contributed by atoms with E-state index in [4.69, 9.17) is 11.6 Å². The minimum absolute atomic E-state index is 0.0330. The van der Waals surface area contributed by atoms with Crippen molar-refractivity contribution >= 4 is 23.5 Å². The predicted molar refractivity (Wildman–Crippen MR) is 117 cm³/mol. The Hall–Kier alpha value is -3.51. The fourth-order valence-electron chi connectivity index (χ4n) is 3.97. The Balaban J connectivity index is 1.15. The van der Waals surface area contributed by atoms with Crippen LogP contribution in [0.25, 0.3) is 0 Å². The third kappa shape index (κ3) is 4.14. The van der Waals surface area contributed by atoms with Crippen molar-refractivity contribution in [1.29, 1.82) is 5.26 Å². The van der Waals surface area contributed by atoms with Crippen LogP contribution >= 0.6 is 11.6 Å². The van der Waals surface area contributed by atoms with Crippen molar-refractivity contribution in [3.63, 3.8) is 0 Å². The molecule has 2 fully saturated rings. The van der Waals surface area contributed by atoms with Crippen LogP contribution in [0.1, 0.15) is 52.4 Å². The molecule has 1 N–H and O–H groups in total. The molecule has 32 heavy (non-hydrogen) atoms. The van der Waals surface area contributed by atoms with E-state index in [1.54, 1.807) is 24.5 Å². The Kier molecular flexibility index (Phi) is 5.45. The summed E-state index contributed by atoms with van der Waals surface area (Å²) >= 11 is 6.08. The molecule has 0 atom stereocenters. The van der Waals surface area contributed by atoms with Gasteiger partial charge in [0.05, 0.1) is 24.4 Å². The van der Waals surface area contributed by atoms with Crippen molar-refractivity contribution < 1.29 is 4.79 Å². The van der Waals surface area contributed by atoms with Crippen molar-refractivity contribution in [1.82, 2.24) is 30.3 Å². The van der Waals surface area contributed by atoms with Gasteiger partial charge < -0.3 is 10.2 Å². The lowest BCUT2D eigenvalue weighted by Crippen LogP contribution is -2.43. The highest BCUT2D eigenvalue weighted by Gasteiger charge is 2.33. The molecule has 3 heterocycles. The maximum absolute atomic E-state index is 12.6. The monoisotopic (exact) mass is 448 g/mol. The molecule has 0 bridgehead atoms. The Labute approximate surface area is 190 Å². The Morgan fingerprint density at radius 3 is 2.69 bits per heavy atom. The largest absolute Gasteiger partial charge is 0.348 e. The van der Waals surface area contributed by atoms with Crippen LogP contribution in [-0.2, 0) is 6.54 Å². The van der Waals surface area contributed by atoms with Crippen molar-refractivity contribution in [2.24, 2.45) is 0 Å². The number of anilines is 1. The van der Waals surface area contributed by atoms with E-state index in [1.807, 2.05) is 6.07 Å². The minimum atomic E-state index is -0.254. The highest BCUT2D eigenvalue weighted by molar-refractivity contribution is 6.30. The minimum Gasteiger partial charge on any atom is -0.348 e. The second-order valence-corrected chi connectivity index (χ2v) is 8.61. The first-order chi connectivity index (χ1) is 15.6. The number of benzene rings is 1. The molecule has 2 aromatic heterocycles. The van der Waals surface area contributed by atoms with Crippen LogP contribution in [0.2, 0.25) is 5.02 Å². The van der Waals surface area contributed by atoms with Gasteiger partial charge in [0, 0.05) is 42.1 Å². The highest BCUT2D eigenvalue weighted by atomic mass is 35.5. The van der Waals surface area contributed by atoms with Gasteiger partial charge in [-0.3, -0.25) is 4.79 Å². The van der Waals surface area contributed by atoms with Gasteiger partial charge in [-0.2, -0.15) is 15.2 Å². The Morgan fingerprint density at radius 2 is 2.00 bits per heavy atom. The standard InChI is InChI=1S/C22H21ClN8O/c23-17-3-2-15(9-24)19(8-17)16-6-18(7-16)28-21(32)20-12-27-31(29-20)13-14-10-25-22(26-11-14)30-4-1-5-30/h2-3,8,10-12,16,18H,1,4-7,13H2,(H,28,32)/t16-,18+. The van der Waals surface area contributed by atoms with Gasteiger partial charge in [-0.1, -0.05) is 11.6 Å². The van der Waals surface area contributed by atoms with Crippen LogP contribution in [0.3, 0.4) is 0 Å². The lowest BCUT2D eigenvalue weighted by Gasteiger charge is -2.36. The molecule has 1 saturated carbocycles. The molecular formula is C22H21ClN8O. The van der Waals surface area contributed by atoms with E-state index >= 15 is 0 Å². The fourth-order valence-corrected chi connectivity index (χ4v) is 4.15. The summed E-state index contributed by atoms with van der Waals surface area (Å²) in [7, 11) is 0. The number of halogens is 1. The number of carbonyl (C=O) groups excluding carboxylic acids is 1. The number of amides is 1. The molecule has 3 aromatic rings. The van der Waals surface area contributed by atoms with Crippen LogP contribution in [-0.4, -0.2) is 50.0 Å². The molecular weight excluding hydrogens is 428 g/mol. The smallest absolute Gasteiger partial charge is 0.273 e. The highest BCUT2D eigenvalue weighted by Crippen LogP contribution is 2.39. The van der Waals surface area contributed by atoms with Crippen molar-refractivity contribution in [3.8, 4) is 6.07 Å². The van der Waals surface area contributed by atoms with Crippen molar-refractivity contribution in [2.75, 3.05) is 18.0 Å². The Bertz CT molecular complexity index is 1180. The van der Waals surface area contributed by atoms with Crippen LogP contribution in [0, 0.1) is 11.3 Å². The van der Waals surface area contributed by atoms with Gasteiger partial charge >= 0.3 is 0 Å². The van der Waals surface area contributed by atoms with E-state index in [2.05, 4.69) is 36.5 Å². The zero-order chi connectivity index (χ0) is 22.1. The maximum Gasteiger partial charge on any atom is 0.273 e. The lowest BCUT2D eigenvalue weighted by atomic mass is 9.74. The summed E-state index contributed by atoms with van der Waals surface area (Å²) in [5.74, 6) is 0.700. The molecule has 2 aliphatic rings. The number of hydrogen-bond acceptors (Lipinski definition) is 7. The second-order valence-electron chi connectivity index (χ2n) is 8.17. The third-order valence-corrected chi connectivity index (χ3v) is 6.21. The molecule has 10 heteroatoms. The third-order valence-electron chi connectivity index (χ3n) is 5.97. The average Bonchev–Trinajstić information content (AvgIpc) is 3.19. The number of aromatic nitrogens is 5. The quantitative estimate of drug-likeness (QED) is 0.616. The van der Waals surface area contributed by atoms with E-state index in [9.17, 15) is 10.1 Å². The van der Waals surface area contributed by atoms with E-state index in [0.717, 1.165) is 43.0 Å². The van der Waals surface area contributed by atoms with E-state index < -0.39 is 0 Å². The van der Waals surface area contributed by atoms with Gasteiger partial charge in [0.1, 0.15) is 0 Å². The number of nitrogens with zero attached hydrogens (tertiary/aromatic N) is 7. The molecule has 5 rings (SSSR count). The SMILES string of the molecule is N#Cc1ccc(Cl)cc1[C@H]1C[C@@H](NC(=O)c2cnn(Cc3cnc(N4CCC4)nc3)n2)C1. The maximum atomic E-state index is 12.6. The zero-order valence-corrected chi connectivity index (χ0v) is 18.0. The summed E-state index contributed by atoms with van der Waals surface area (Å²) in [6.07, 6.45) is 7.69. The number of hydrogen-bond donors (Lipinski definition) is 1. The Morgan fingerprint density at radius 1 is 1.22 bits per heavy atom. The molecule has 1 saturated heterocycles. The van der Waals surface area contributed by atoms with E-state index in [0.29, 0.717) is 17.1 Å². The molecule has 1 aliphatic heterocycles.